The number of hydrogen-bond donors (Lipinski definition) is 0. The third-order valence-electron chi connectivity index (χ3n) is 3.90. The summed E-state index contributed by atoms with van der Waals surface area (Å²) in [5, 5.41) is 5.74. The number of para-hydroxylation sites is 2. The number of benzene rings is 2. The summed E-state index contributed by atoms with van der Waals surface area (Å²) in [6.07, 6.45) is 1.69. The zero-order chi connectivity index (χ0) is 17.2. The van der Waals surface area contributed by atoms with Crippen LogP contribution >= 0.6 is 11.8 Å². The first-order valence-corrected chi connectivity index (χ1v) is 8.75. The Hall–Kier alpha value is -2.93. The Labute approximate surface area is 148 Å². The molecule has 0 bridgehead atoms. The molecule has 0 saturated heterocycles. The fourth-order valence-electron chi connectivity index (χ4n) is 2.54. The molecule has 124 valence electrons. The van der Waals surface area contributed by atoms with Gasteiger partial charge in [-0.1, -0.05) is 42.1 Å². The van der Waals surface area contributed by atoms with Crippen LogP contribution in [0.5, 0.6) is 0 Å². The van der Waals surface area contributed by atoms with Crippen LogP contribution in [0.15, 0.2) is 70.9 Å². The quantitative estimate of drug-likeness (QED) is 0.530. The predicted molar refractivity (Wildman–Crippen MR) is 97.9 cm³/mol. The van der Waals surface area contributed by atoms with E-state index in [0.717, 1.165) is 5.69 Å². The molecule has 0 aliphatic heterocycles. The van der Waals surface area contributed by atoms with E-state index in [9.17, 15) is 4.79 Å². The molecule has 0 atom stereocenters. The molecule has 0 radical (unpaired) electrons. The second-order valence-corrected chi connectivity index (χ2v) is 6.45. The van der Waals surface area contributed by atoms with E-state index in [4.69, 9.17) is 0 Å². The number of nitrogens with zero attached hydrogens (tertiary/aromatic N) is 5. The molecule has 0 aliphatic carbocycles. The van der Waals surface area contributed by atoms with E-state index in [1.165, 1.54) is 11.8 Å². The molecule has 2 aromatic carbocycles. The largest absolute Gasteiger partial charge is 0.299 e. The zero-order valence-electron chi connectivity index (χ0n) is 13.5. The van der Waals surface area contributed by atoms with Crippen molar-refractivity contribution in [2.24, 2.45) is 7.05 Å². The normalized spacial score (nSPS) is 11.1. The van der Waals surface area contributed by atoms with Gasteiger partial charge in [0.25, 0.3) is 5.56 Å². The minimum atomic E-state index is -0.0380. The standard InChI is InChI=1S/C18H15N5OS/c1-22-16(20-15-10-6-5-9-14(15)17(22)24)11-25-18-19-12-23(21-18)13-7-3-2-4-8-13/h2-10,12H,11H2,1H3. The van der Waals surface area contributed by atoms with Gasteiger partial charge < -0.3 is 0 Å². The van der Waals surface area contributed by atoms with E-state index < -0.39 is 0 Å². The average molecular weight is 349 g/mol. The zero-order valence-corrected chi connectivity index (χ0v) is 14.3. The van der Waals surface area contributed by atoms with Crippen LogP contribution in [0.3, 0.4) is 0 Å². The third kappa shape index (κ3) is 3.06. The Balaban J connectivity index is 1.58. The number of fused-ring (bicyclic) bond motifs is 1. The minimum absolute atomic E-state index is 0.0380. The third-order valence-corrected chi connectivity index (χ3v) is 4.75. The van der Waals surface area contributed by atoms with Crippen molar-refractivity contribution in [1.29, 1.82) is 0 Å². The average Bonchev–Trinajstić information content (AvgIpc) is 3.13. The maximum absolute atomic E-state index is 12.4. The number of thioether (sulfide) groups is 1. The molecule has 4 rings (SSSR count). The summed E-state index contributed by atoms with van der Waals surface area (Å²) < 4.78 is 3.32. The Bertz CT molecular complexity index is 1090. The van der Waals surface area contributed by atoms with Crippen molar-refractivity contribution in [2.45, 2.75) is 10.9 Å². The van der Waals surface area contributed by atoms with Gasteiger partial charge in [0.1, 0.15) is 12.2 Å². The lowest BCUT2D eigenvalue weighted by atomic mass is 10.2. The molecule has 25 heavy (non-hydrogen) atoms. The summed E-state index contributed by atoms with van der Waals surface area (Å²) in [5.41, 5.74) is 1.63. The highest BCUT2D eigenvalue weighted by molar-refractivity contribution is 7.98. The molecule has 4 aromatic rings. The van der Waals surface area contributed by atoms with E-state index in [2.05, 4.69) is 15.1 Å². The Morgan fingerprint density at radius 2 is 1.80 bits per heavy atom. The van der Waals surface area contributed by atoms with Gasteiger partial charge >= 0.3 is 0 Å². The van der Waals surface area contributed by atoms with Crippen LogP contribution in [-0.2, 0) is 12.8 Å². The van der Waals surface area contributed by atoms with Gasteiger partial charge in [0, 0.05) is 7.05 Å². The molecule has 0 amide bonds. The fraction of sp³-hybridized carbons (Fsp3) is 0.111. The number of rotatable bonds is 4. The smallest absolute Gasteiger partial charge is 0.261 e. The summed E-state index contributed by atoms with van der Waals surface area (Å²) in [7, 11) is 1.74. The lowest BCUT2D eigenvalue weighted by molar-refractivity contribution is 0.782. The highest BCUT2D eigenvalue weighted by Gasteiger charge is 2.10. The van der Waals surface area contributed by atoms with Crippen molar-refractivity contribution >= 4 is 22.7 Å². The molecular weight excluding hydrogens is 334 g/mol. The van der Waals surface area contributed by atoms with Gasteiger partial charge in [-0.25, -0.2) is 14.6 Å². The number of aromatic nitrogens is 5. The van der Waals surface area contributed by atoms with Crippen LogP contribution in [-0.4, -0.2) is 24.3 Å². The monoisotopic (exact) mass is 349 g/mol. The van der Waals surface area contributed by atoms with Crippen molar-refractivity contribution < 1.29 is 0 Å². The fourth-order valence-corrected chi connectivity index (χ4v) is 3.33. The van der Waals surface area contributed by atoms with Gasteiger partial charge in [0.15, 0.2) is 0 Å². The lowest BCUT2D eigenvalue weighted by Gasteiger charge is -2.07. The van der Waals surface area contributed by atoms with Crippen LogP contribution in [0.4, 0.5) is 0 Å². The van der Waals surface area contributed by atoms with E-state index in [0.29, 0.717) is 27.6 Å². The van der Waals surface area contributed by atoms with Gasteiger partial charge in [-0.15, -0.1) is 5.10 Å². The van der Waals surface area contributed by atoms with Gasteiger partial charge in [-0.05, 0) is 24.3 Å². The Morgan fingerprint density at radius 1 is 1.04 bits per heavy atom. The summed E-state index contributed by atoms with van der Waals surface area (Å²) in [5.74, 6) is 1.22. The molecule has 0 unspecified atom stereocenters. The van der Waals surface area contributed by atoms with Crippen LogP contribution in [0.25, 0.3) is 16.6 Å². The van der Waals surface area contributed by atoms with Crippen LogP contribution in [0.1, 0.15) is 5.82 Å². The van der Waals surface area contributed by atoms with Crippen molar-refractivity contribution in [1.82, 2.24) is 24.3 Å². The molecule has 0 fully saturated rings. The molecular formula is C18H15N5OS. The van der Waals surface area contributed by atoms with Gasteiger partial charge in [0.05, 0.1) is 22.3 Å². The highest BCUT2D eigenvalue weighted by atomic mass is 32.2. The van der Waals surface area contributed by atoms with E-state index >= 15 is 0 Å². The number of hydrogen-bond acceptors (Lipinski definition) is 5. The second kappa shape index (κ2) is 6.52. The van der Waals surface area contributed by atoms with Gasteiger partial charge in [0.2, 0.25) is 5.16 Å². The molecule has 6 nitrogen and oxygen atoms in total. The first-order chi connectivity index (χ1) is 12.2. The second-order valence-electron chi connectivity index (χ2n) is 5.51. The van der Waals surface area contributed by atoms with Crippen molar-refractivity contribution in [3.05, 3.63) is 77.1 Å². The summed E-state index contributed by atoms with van der Waals surface area (Å²) in [4.78, 5) is 21.3. The molecule has 2 aromatic heterocycles. The maximum Gasteiger partial charge on any atom is 0.261 e. The van der Waals surface area contributed by atoms with E-state index in [1.807, 2.05) is 48.5 Å². The highest BCUT2D eigenvalue weighted by Crippen LogP contribution is 2.19. The molecule has 0 aliphatic rings. The Kier molecular flexibility index (Phi) is 4.07. The molecule has 0 saturated carbocycles. The van der Waals surface area contributed by atoms with Crippen molar-refractivity contribution in [3.63, 3.8) is 0 Å². The van der Waals surface area contributed by atoms with Crippen LogP contribution in [0.2, 0.25) is 0 Å². The van der Waals surface area contributed by atoms with Gasteiger partial charge in [-0.2, -0.15) is 0 Å². The van der Waals surface area contributed by atoms with Gasteiger partial charge in [-0.3, -0.25) is 9.36 Å². The van der Waals surface area contributed by atoms with E-state index in [-0.39, 0.29) is 5.56 Å². The van der Waals surface area contributed by atoms with Crippen molar-refractivity contribution in [2.75, 3.05) is 0 Å². The van der Waals surface area contributed by atoms with Crippen molar-refractivity contribution in [3.8, 4) is 5.69 Å². The molecule has 0 N–H and O–H groups in total. The maximum atomic E-state index is 12.4. The first kappa shape index (κ1) is 15.6. The topological polar surface area (TPSA) is 65.6 Å². The lowest BCUT2D eigenvalue weighted by Crippen LogP contribution is -2.21. The Morgan fingerprint density at radius 3 is 2.64 bits per heavy atom. The molecule has 2 heterocycles. The summed E-state index contributed by atoms with van der Waals surface area (Å²) in [6.45, 7) is 0. The summed E-state index contributed by atoms with van der Waals surface area (Å²) in [6, 6.07) is 17.2. The van der Waals surface area contributed by atoms with Crippen LogP contribution < -0.4 is 5.56 Å². The predicted octanol–water partition coefficient (Wildman–Crippen LogP) is 2.81. The minimum Gasteiger partial charge on any atom is -0.299 e. The molecule has 7 heteroatoms. The summed E-state index contributed by atoms with van der Waals surface area (Å²) >= 11 is 1.46. The van der Waals surface area contributed by atoms with Crippen LogP contribution in [0, 0.1) is 0 Å². The SMILES string of the molecule is Cn1c(CSc2ncn(-c3ccccc3)n2)nc2ccccc2c1=O. The first-order valence-electron chi connectivity index (χ1n) is 7.77. The molecule has 0 spiro atoms. The van der Waals surface area contributed by atoms with E-state index in [1.54, 1.807) is 28.7 Å².